The fourth-order valence-corrected chi connectivity index (χ4v) is 2.72. The number of thioether (sulfide) groups is 1. The summed E-state index contributed by atoms with van der Waals surface area (Å²) in [5.74, 6) is 1.46. The summed E-state index contributed by atoms with van der Waals surface area (Å²) in [6, 6.07) is 15.3. The molecule has 0 heterocycles. The highest BCUT2D eigenvalue weighted by Crippen LogP contribution is 2.19. The molecule has 0 unspecified atom stereocenters. The van der Waals surface area contributed by atoms with E-state index < -0.39 is 0 Å². The van der Waals surface area contributed by atoms with Crippen LogP contribution in [-0.2, 0) is 11.5 Å². The maximum Gasteiger partial charge on any atom is 0.248 e. The lowest BCUT2D eigenvalue weighted by Crippen LogP contribution is -2.10. The molecule has 2 nitrogen and oxygen atoms in total. The average molecular weight is 292 g/mol. The first-order valence-corrected chi connectivity index (χ1v) is 7.39. The fraction of sp³-hybridized carbons (Fsp3) is 0.133. The zero-order chi connectivity index (χ0) is 13.7. The highest BCUT2D eigenvalue weighted by Gasteiger charge is 2.00. The molecular weight excluding hydrogens is 278 g/mol. The Morgan fingerprint density at radius 3 is 1.89 bits per heavy atom. The van der Waals surface area contributed by atoms with Crippen LogP contribution in [0.3, 0.4) is 0 Å². The quantitative estimate of drug-likeness (QED) is 0.908. The molecule has 19 heavy (non-hydrogen) atoms. The van der Waals surface area contributed by atoms with Crippen molar-refractivity contribution in [2.45, 2.75) is 11.5 Å². The van der Waals surface area contributed by atoms with Crippen LogP contribution in [0.5, 0.6) is 0 Å². The van der Waals surface area contributed by atoms with Crippen LogP contribution in [0.4, 0.5) is 0 Å². The molecule has 1 amide bonds. The van der Waals surface area contributed by atoms with E-state index >= 15 is 0 Å². The molecule has 4 heteroatoms. The molecule has 0 bridgehead atoms. The Bertz CT molecular complexity index is 551. The number of hydrogen-bond acceptors (Lipinski definition) is 2. The van der Waals surface area contributed by atoms with E-state index in [1.807, 2.05) is 48.2 Å². The van der Waals surface area contributed by atoms with Gasteiger partial charge in [0.2, 0.25) is 5.91 Å². The van der Waals surface area contributed by atoms with Crippen LogP contribution in [0, 0.1) is 0 Å². The highest BCUT2D eigenvalue weighted by molar-refractivity contribution is 7.97. The molecule has 0 aliphatic carbocycles. The Balaban J connectivity index is 1.85. The number of carbonyl (C=O) groups is 1. The van der Waals surface area contributed by atoms with Crippen molar-refractivity contribution in [3.05, 3.63) is 70.2 Å². The Labute approximate surface area is 122 Å². The zero-order valence-corrected chi connectivity index (χ0v) is 11.9. The van der Waals surface area contributed by atoms with Gasteiger partial charge < -0.3 is 5.73 Å². The Kier molecular flexibility index (Phi) is 4.88. The summed E-state index contributed by atoms with van der Waals surface area (Å²) in [6.07, 6.45) is 0. The van der Waals surface area contributed by atoms with Gasteiger partial charge in [-0.2, -0.15) is 11.8 Å². The van der Waals surface area contributed by atoms with Crippen LogP contribution in [0.25, 0.3) is 0 Å². The average Bonchev–Trinajstić information content (AvgIpc) is 2.41. The van der Waals surface area contributed by atoms with Crippen molar-refractivity contribution >= 4 is 29.3 Å². The third kappa shape index (κ3) is 4.30. The van der Waals surface area contributed by atoms with Crippen molar-refractivity contribution in [2.75, 3.05) is 0 Å². The summed E-state index contributed by atoms with van der Waals surface area (Å²) in [7, 11) is 0. The molecule has 0 aliphatic heterocycles. The van der Waals surface area contributed by atoms with Gasteiger partial charge in [-0.25, -0.2) is 0 Å². The number of rotatable bonds is 5. The van der Waals surface area contributed by atoms with Gasteiger partial charge in [-0.1, -0.05) is 35.9 Å². The first-order valence-electron chi connectivity index (χ1n) is 5.86. The predicted octanol–water partition coefficient (Wildman–Crippen LogP) is 3.87. The van der Waals surface area contributed by atoms with E-state index in [-0.39, 0.29) is 5.91 Å². The molecule has 2 N–H and O–H groups in total. The first-order chi connectivity index (χ1) is 9.15. The molecule has 2 rings (SSSR count). The zero-order valence-electron chi connectivity index (χ0n) is 10.3. The van der Waals surface area contributed by atoms with Crippen molar-refractivity contribution in [3.63, 3.8) is 0 Å². The van der Waals surface area contributed by atoms with Gasteiger partial charge in [0.15, 0.2) is 0 Å². The summed E-state index contributed by atoms with van der Waals surface area (Å²) in [6.45, 7) is 0. The van der Waals surface area contributed by atoms with Gasteiger partial charge in [0, 0.05) is 22.1 Å². The molecule has 2 aromatic carbocycles. The minimum Gasteiger partial charge on any atom is -0.366 e. The smallest absolute Gasteiger partial charge is 0.248 e. The second kappa shape index (κ2) is 6.64. The molecule has 0 spiro atoms. The van der Waals surface area contributed by atoms with Crippen molar-refractivity contribution in [3.8, 4) is 0 Å². The van der Waals surface area contributed by atoms with E-state index in [2.05, 4.69) is 0 Å². The number of carbonyl (C=O) groups excluding carboxylic acids is 1. The van der Waals surface area contributed by atoms with Gasteiger partial charge >= 0.3 is 0 Å². The largest absolute Gasteiger partial charge is 0.366 e. The molecule has 0 aromatic heterocycles. The van der Waals surface area contributed by atoms with Crippen molar-refractivity contribution in [1.29, 1.82) is 0 Å². The third-order valence-electron chi connectivity index (χ3n) is 2.69. The van der Waals surface area contributed by atoms with Crippen LogP contribution in [-0.4, -0.2) is 5.91 Å². The second-order valence-corrected chi connectivity index (χ2v) is 5.60. The van der Waals surface area contributed by atoms with Crippen molar-refractivity contribution in [1.82, 2.24) is 0 Å². The molecular formula is C15H14ClNOS. The molecule has 0 fully saturated rings. The van der Waals surface area contributed by atoms with Gasteiger partial charge in [0.1, 0.15) is 0 Å². The number of benzene rings is 2. The SMILES string of the molecule is NC(=O)c1ccc(CSCc2ccc(Cl)cc2)cc1. The van der Waals surface area contributed by atoms with E-state index in [1.54, 1.807) is 12.1 Å². The lowest BCUT2D eigenvalue weighted by Gasteiger charge is -2.03. The van der Waals surface area contributed by atoms with Gasteiger partial charge in [-0.3, -0.25) is 4.79 Å². The minimum atomic E-state index is -0.389. The number of amides is 1. The van der Waals surface area contributed by atoms with Crippen LogP contribution >= 0.6 is 23.4 Å². The van der Waals surface area contributed by atoms with Crippen molar-refractivity contribution in [2.24, 2.45) is 5.73 Å². The molecule has 0 atom stereocenters. The third-order valence-corrected chi connectivity index (χ3v) is 4.02. The van der Waals surface area contributed by atoms with Crippen LogP contribution in [0.15, 0.2) is 48.5 Å². The maximum absolute atomic E-state index is 10.9. The predicted molar refractivity (Wildman–Crippen MR) is 81.4 cm³/mol. The number of halogens is 1. The molecule has 0 saturated heterocycles. The maximum atomic E-state index is 10.9. The Morgan fingerprint density at radius 1 is 0.947 bits per heavy atom. The van der Waals surface area contributed by atoms with Gasteiger partial charge in [-0.05, 0) is 35.4 Å². The highest BCUT2D eigenvalue weighted by atomic mass is 35.5. The van der Waals surface area contributed by atoms with Crippen LogP contribution < -0.4 is 5.73 Å². The topological polar surface area (TPSA) is 43.1 Å². The molecule has 98 valence electrons. The van der Waals surface area contributed by atoms with Crippen molar-refractivity contribution < 1.29 is 4.79 Å². The first kappa shape index (κ1) is 14.0. The van der Waals surface area contributed by atoms with Gasteiger partial charge in [0.05, 0.1) is 0 Å². The lowest BCUT2D eigenvalue weighted by molar-refractivity contribution is 0.100. The van der Waals surface area contributed by atoms with Crippen LogP contribution in [0.2, 0.25) is 5.02 Å². The van der Waals surface area contributed by atoms with Gasteiger partial charge in [-0.15, -0.1) is 0 Å². The number of nitrogens with two attached hydrogens (primary N) is 1. The fourth-order valence-electron chi connectivity index (χ4n) is 1.63. The Hall–Kier alpha value is -1.45. The lowest BCUT2D eigenvalue weighted by atomic mass is 10.1. The van der Waals surface area contributed by atoms with E-state index in [0.717, 1.165) is 16.5 Å². The molecule has 0 radical (unpaired) electrons. The van der Waals surface area contributed by atoms with E-state index in [1.165, 1.54) is 11.1 Å². The summed E-state index contributed by atoms with van der Waals surface area (Å²) in [4.78, 5) is 10.9. The van der Waals surface area contributed by atoms with Gasteiger partial charge in [0.25, 0.3) is 0 Å². The summed E-state index contributed by atoms with van der Waals surface area (Å²) in [5.41, 5.74) is 8.18. The van der Waals surface area contributed by atoms with Crippen LogP contribution in [0.1, 0.15) is 21.5 Å². The molecule has 2 aromatic rings. The number of hydrogen-bond donors (Lipinski definition) is 1. The Morgan fingerprint density at radius 2 is 1.42 bits per heavy atom. The summed E-state index contributed by atoms with van der Waals surface area (Å²) >= 11 is 7.66. The van der Waals surface area contributed by atoms with E-state index in [9.17, 15) is 4.79 Å². The van der Waals surface area contributed by atoms with E-state index in [4.69, 9.17) is 17.3 Å². The normalized spacial score (nSPS) is 10.4. The molecule has 0 aliphatic rings. The second-order valence-electron chi connectivity index (χ2n) is 4.18. The van der Waals surface area contributed by atoms with E-state index in [0.29, 0.717) is 5.56 Å². The summed E-state index contributed by atoms with van der Waals surface area (Å²) < 4.78 is 0. The minimum absolute atomic E-state index is 0.389. The number of primary amides is 1. The monoisotopic (exact) mass is 291 g/mol. The standard InChI is InChI=1S/C15H14ClNOS/c16-14-7-3-12(4-8-14)10-19-9-11-1-5-13(6-2-11)15(17)18/h1-8H,9-10H2,(H2,17,18). The molecule has 0 saturated carbocycles. The summed E-state index contributed by atoms with van der Waals surface area (Å²) in [5, 5.41) is 0.760.